The molecule has 3 aliphatic carbocycles. The molecule has 3 saturated carbocycles. The van der Waals surface area contributed by atoms with E-state index in [1.165, 1.54) is 23.5 Å². The van der Waals surface area contributed by atoms with Gasteiger partial charge in [-0.25, -0.2) is 0 Å². The quantitative estimate of drug-likeness (QED) is 0.171. The van der Waals surface area contributed by atoms with Gasteiger partial charge in [-0.2, -0.15) is 11.8 Å². The predicted octanol–water partition coefficient (Wildman–Crippen LogP) is 4.96. The van der Waals surface area contributed by atoms with Crippen LogP contribution < -0.4 is 15.8 Å². The molecule has 10 heteroatoms. The zero-order valence-corrected chi connectivity index (χ0v) is 28.6. The van der Waals surface area contributed by atoms with Crippen molar-refractivity contribution in [3.05, 3.63) is 33.1 Å². The molecule has 1 N–H and O–H groups in total. The maximum absolute atomic E-state index is 13.6. The normalized spacial score (nSPS) is 39.7. The van der Waals surface area contributed by atoms with E-state index in [9.17, 15) is 24.3 Å². The van der Waals surface area contributed by atoms with E-state index in [-0.39, 0.29) is 52.1 Å². The Balaban J connectivity index is 1.33. The number of thioether (sulfide) groups is 3. The van der Waals surface area contributed by atoms with Crippen molar-refractivity contribution < 1.29 is 19.4 Å². The van der Waals surface area contributed by atoms with Gasteiger partial charge in [0.1, 0.15) is 17.6 Å². The second kappa shape index (κ2) is 12.5. The number of esters is 1. The lowest BCUT2D eigenvalue weighted by atomic mass is 9.44. The van der Waals surface area contributed by atoms with Crippen LogP contribution in [-0.4, -0.2) is 70.4 Å². The van der Waals surface area contributed by atoms with Crippen molar-refractivity contribution in [3.63, 3.8) is 0 Å². The highest BCUT2D eigenvalue weighted by Gasteiger charge is 2.68. The third kappa shape index (κ3) is 5.38. The summed E-state index contributed by atoms with van der Waals surface area (Å²) in [6.07, 6.45) is 4.18. The lowest BCUT2D eigenvalue weighted by Gasteiger charge is -2.61. The van der Waals surface area contributed by atoms with Gasteiger partial charge >= 0.3 is 5.97 Å². The number of rotatable bonds is 9. The number of anilines is 1. The van der Waals surface area contributed by atoms with E-state index in [1.807, 2.05) is 31.7 Å². The first-order chi connectivity index (χ1) is 20.4. The predicted molar refractivity (Wildman–Crippen MR) is 178 cm³/mol. The molecule has 1 aromatic carbocycles. The Morgan fingerprint density at radius 2 is 1.95 bits per heavy atom. The summed E-state index contributed by atoms with van der Waals surface area (Å²) >= 11 is 4.75. The minimum absolute atomic E-state index is 0.0470. The highest BCUT2D eigenvalue weighted by Crippen LogP contribution is 2.68. The fourth-order valence-electron chi connectivity index (χ4n) is 8.96. The highest BCUT2D eigenvalue weighted by molar-refractivity contribution is 8.00. The number of carbonyl (C=O) groups excluding carboxylic acids is 2. The largest absolute Gasteiger partial charge is 0.461 e. The van der Waals surface area contributed by atoms with Crippen LogP contribution in [0.4, 0.5) is 5.69 Å². The molecule has 0 spiro atoms. The lowest BCUT2D eigenvalue weighted by Crippen LogP contribution is -2.63. The van der Waals surface area contributed by atoms with Gasteiger partial charge in [-0.3, -0.25) is 19.2 Å². The van der Waals surface area contributed by atoms with Gasteiger partial charge in [-0.15, -0.1) is 30.1 Å². The Labute approximate surface area is 268 Å². The van der Waals surface area contributed by atoms with E-state index in [4.69, 9.17) is 4.74 Å². The summed E-state index contributed by atoms with van der Waals surface area (Å²) in [5, 5.41) is 11.7. The number of hydrogen-bond acceptors (Lipinski definition) is 10. The number of hydrogen-bond donors (Lipinski definition) is 1. The fourth-order valence-corrected chi connectivity index (χ4v) is 12.0. The zero-order chi connectivity index (χ0) is 31.3. The van der Waals surface area contributed by atoms with E-state index in [1.54, 1.807) is 0 Å². The second-order valence-electron chi connectivity index (χ2n) is 13.8. The maximum Gasteiger partial charge on any atom is 0.316 e. The first-order valence-electron chi connectivity index (χ1n) is 15.8. The van der Waals surface area contributed by atoms with Gasteiger partial charge in [0.05, 0.1) is 16.8 Å². The molecule has 0 amide bonds. The van der Waals surface area contributed by atoms with Crippen molar-refractivity contribution in [3.8, 4) is 0 Å². The molecule has 1 aromatic rings. The molecule has 1 saturated heterocycles. The van der Waals surface area contributed by atoms with Gasteiger partial charge in [0.2, 0.25) is 5.43 Å². The van der Waals surface area contributed by atoms with Crippen LogP contribution in [0.2, 0.25) is 0 Å². The molecule has 1 unspecified atom stereocenters. The summed E-state index contributed by atoms with van der Waals surface area (Å²) in [5.74, 6) is 3.07. The van der Waals surface area contributed by atoms with Crippen LogP contribution in [0.25, 0.3) is 0 Å². The summed E-state index contributed by atoms with van der Waals surface area (Å²) in [5.41, 5.74) is -1.70. The second-order valence-corrected chi connectivity index (χ2v) is 17.2. The van der Waals surface area contributed by atoms with Crippen LogP contribution in [-0.2, 0) is 14.3 Å². The van der Waals surface area contributed by atoms with Crippen molar-refractivity contribution in [2.75, 3.05) is 40.2 Å². The molecule has 43 heavy (non-hydrogen) atoms. The summed E-state index contributed by atoms with van der Waals surface area (Å²) < 4.78 is 6.40. The van der Waals surface area contributed by atoms with Crippen LogP contribution in [0.3, 0.4) is 0 Å². The van der Waals surface area contributed by atoms with E-state index in [0.717, 1.165) is 36.5 Å². The molecule has 2 bridgehead atoms. The molecule has 0 aromatic heterocycles. The number of aliphatic hydroxyl groups is 1. The van der Waals surface area contributed by atoms with E-state index >= 15 is 0 Å². The van der Waals surface area contributed by atoms with Crippen LogP contribution in [0.5, 0.6) is 0 Å². The van der Waals surface area contributed by atoms with Crippen molar-refractivity contribution >= 4 is 52.7 Å². The molecule has 5 rings (SSSR count). The number of nitrogens with zero attached hydrogens (tertiary/aromatic N) is 1. The first kappa shape index (κ1) is 33.1. The summed E-state index contributed by atoms with van der Waals surface area (Å²) in [7, 11) is 0. The third-order valence-electron chi connectivity index (χ3n) is 11.8. The maximum atomic E-state index is 13.6. The molecule has 238 valence electrons. The highest BCUT2D eigenvalue weighted by atomic mass is 32.2. The molecule has 4 fully saturated rings. The molecule has 0 radical (unpaired) electrons. The van der Waals surface area contributed by atoms with Gasteiger partial charge in [0.15, 0.2) is 0 Å². The number of ether oxygens (including phenoxy) is 1. The van der Waals surface area contributed by atoms with E-state index in [0.29, 0.717) is 35.7 Å². The summed E-state index contributed by atoms with van der Waals surface area (Å²) in [4.78, 5) is 54.5. The smallest absolute Gasteiger partial charge is 0.316 e. The standard InChI is InChI=1S/C33H47NO6S3/c1-7-31(5)15-23(32(6)19(3)9-11-33(20(4)30(31)39)12-10-22(35)29(32)33)40-24(36)18-42-17-21-16-41-14-13-34(21)25-26(37)27(38)28(25)43-8-2/h7,19-21,23,29-30,39H,1,8-18H2,2-6H3/t19-,20+,21?,23-,29+,30+,31-,32+,33+/m1/s1. The van der Waals surface area contributed by atoms with E-state index < -0.39 is 28.5 Å². The van der Waals surface area contributed by atoms with Gasteiger partial charge in [0.25, 0.3) is 5.43 Å². The average molecular weight is 650 g/mol. The van der Waals surface area contributed by atoms with Gasteiger partial charge in [-0.1, -0.05) is 40.7 Å². The Hall–Kier alpha value is -1.23. The third-order valence-corrected chi connectivity index (χ3v) is 14.9. The van der Waals surface area contributed by atoms with Crippen LogP contribution in [0, 0.1) is 34.0 Å². The molecular weight excluding hydrogens is 603 g/mol. The monoisotopic (exact) mass is 649 g/mol. The fraction of sp³-hybridized carbons (Fsp3) is 0.758. The molecule has 1 aliphatic heterocycles. The summed E-state index contributed by atoms with van der Waals surface area (Å²) in [6.45, 7) is 15.2. The van der Waals surface area contributed by atoms with Gasteiger partial charge < -0.3 is 14.7 Å². The van der Waals surface area contributed by atoms with Crippen molar-refractivity contribution in [1.29, 1.82) is 0 Å². The van der Waals surface area contributed by atoms with E-state index in [2.05, 4.69) is 32.3 Å². The van der Waals surface area contributed by atoms with Crippen molar-refractivity contribution in [2.24, 2.45) is 34.0 Å². The lowest BCUT2D eigenvalue weighted by molar-refractivity contribution is -0.205. The van der Waals surface area contributed by atoms with Gasteiger partial charge in [-0.05, 0) is 48.7 Å². The van der Waals surface area contributed by atoms with Crippen molar-refractivity contribution in [1.82, 2.24) is 0 Å². The topological polar surface area (TPSA) is 101 Å². The summed E-state index contributed by atoms with van der Waals surface area (Å²) in [6, 6.07) is 0.0470. The van der Waals surface area contributed by atoms with Crippen molar-refractivity contribution in [2.45, 2.75) is 89.9 Å². The number of Topliss-reactive ketones (excluding diaryl/α,β-unsaturated/α-hetero) is 1. The minimum atomic E-state index is -0.687. The minimum Gasteiger partial charge on any atom is -0.461 e. The number of carbonyl (C=O) groups is 2. The van der Waals surface area contributed by atoms with Crippen LogP contribution >= 0.6 is 35.3 Å². The Morgan fingerprint density at radius 3 is 2.65 bits per heavy atom. The zero-order valence-electron chi connectivity index (χ0n) is 26.2. The van der Waals surface area contributed by atoms with Crippen LogP contribution in [0.1, 0.15) is 66.7 Å². The molecule has 9 atom stereocenters. The Kier molecular flexibility index (Phi) is 9.65. The van der Waals surface area contributed by atoms with Gasteiger partial charge in [0, 0.05) is 53.0 Å². The van der Waals surface area contributed by atoms with Crippen LogP contribution in [0.15, 0.2) is 27.1 Å². The average Bonchev–Trinajstić information content (AvgIpc) is 3.35. The Morgan fingerprint density at radius 1 is 1.21 bits per heavy atom. The first-order valence-corrected chi connectivity index (χ1v) is 19.1. The Bertz CT molecular complexity index is 1330. The number of ketones is 1. The SMILES string of the molecule is C=C[C@]1(C)C[C@@H](OC(=O)CSCC2CSCCN2c2c(SCC)c(=O)c2=O)[C@]2(C)[C@H](C)CC[C@]3(CCC(=O)[C@H]32)[C@@H](C)[C@@H]1O. The number of aliphatic hydroxyl groups excluding tert-OH is 1. The molecule has 7 nitrogen and oxygen atoms in total. The molecule has 4 aliphatic rings. The molecule has 1 heterocycles. The molecular formula is C33H47NO6S3.